The number of methoxy groups -OCH3 is 1. The van der Waals surface area contributed by atoms with Crippen molar-refractivity contribution in [2.75, 3.05) is 20.3 Å². The number of aromatic nitrogens is 1. The predicted molar refractivity (Wildman–Crippen MR) is 54.2 cm³/mol. The highest BCUT2D eigenvalue weighted by Gasteiger charge is 2.01. The fourth-order valence-corrected chi connectivity index (χ4v) is 1.02. The lowest BCUT2D eigenvalue weighted by Crippen LogP contribution is -2.08. The van der Waals surface area contributed by atoms with Crippen molar-refractivity contribution < 1.29 is 9.47 Å². The second-order valence-electron chi connectivity index (χ2n) is 3.06. The Balaban J connectivity index is 2.55. The molecule has 0 spiro atoms. The van der Waals surface area contributed by atoms with Crippen LogP contribution in [0.2, 0.25) is 0 Å². The summed E-state index contributed by atoms with van der Waals surface area (Å²) in [6.45, 7) is 2.99. The van der Waals surface area contributed by atoms with Crippen molar-refractivity contribution in [3.63, 3.8) is 0 Å². The zero-order chi connectivity index (χ0) is 10.4. The van der Waals surface area contributed by atoms with Gasteiger partial charge in [-0.1, -0.05) is 0 Å². The normalized spacial score (nSPS) is 12.5. The van der Waals surface area contributed by atoms with Gasteiger partial charge in [0.2, 0.25) is 5.88 Å². The zero-order valence-electron chi connectivity index (χ0n) is 8.56. The molecule has 0 amide bonds. The first-order valence-corrected chi connectivity index (χ1v) is 4.57. The summed E-state index contributed by atoms with van der Waals surface area (Å²) in [5, 5.41) is 0. The molecular formula is C10H16N2O2. The Labute approximate surface area is 84.0 Å². The van der Waals surface area contributed by atoms with Crippen LogP contribution in [0.5, 0.6) is 5.88 Å². The maximum Gasteiger partial charge on any atom is 0.213 e. The number of pyridine rings is 1. The van der Waals surface area contributed by atoms with E-state index in [4.69, 9.17) is 15.2 Å². The summed E-state index contributed by atoms with van der Waals surface area (Å²) in [5.74, 6) is 0.594. The summed E-state index contributed by atoms with van der Waals surface area (Å²) in [6.07, 6.45) is 1.70. The van der Waals surface area contributed by atoms with Crippen molar-refractivity contribution in [3.05, 3.63) is 23.9 Å². The molecule has 1 heterocycles. The molecule has 78 valence electrons. The summed E-state index contributed by atoms with van der Waals surface area (Å²) in [4.78, 5) is 4.06. The second kappa shape index (κ2) is 5.57. The van der Waals surface area contributed by atoms with Crippen molar-refractivity contribution in [2.24, 2.45) is 5.73 Å². The second-order valence-corrected chi connectivity index (χ2v) is 3.06. The van der Waals surface area contributed by atoms with Gasteiger partial charge in [-0.3, -0.25) is 0 Å². The van der Waals surface area contributed by atoms with Crippen molar-refractivity contribution >= 4 is 0 Å². The van der Waals surface area contributed by atoms with Crippen LogP contribution < -0.4 is 10.5 Å². The average molecular weight is 196 g/mol. The molecule has 1 atom stereocenters. The van der Waals surface area contributed by atoms with E-state index in [1.807, 2.05) is 19.1 Å². The van der Waals surface area contributed by atoms with Crippen molar-refractivity contribution in [1.82, 2.24) is 4.98 Å². The molecule has 0 radical (unpaired) electrons. The standard InChI is InChI=1S/C10H16N2O2/c1-8(11)9-3-4-12-10(7-9)14-6-5-13-2/h3-4,7-8H,5-6,11H2,1-2H3. The summed E-state index contributed by atoms with van der Waals surface area (Å²) < 4.78 is 10.2. The van der Waals surface area contributed by atoms with Crippen molar-refractivity contribution in [3.8, 4) is 5.88 Å². The quantitative estimate of drug-likeness (QED) is 0.717. The van der Waals surface area contributed by atoms with Crippen LogP contribution in [0.4, 0.5) is 0 Å². The lowest BCUT2D eigenvalue weighted by Gasteiger charge is -2.08. The Bertz CT molecular complexity index is 277. The van der Waals surface area contributed by atoms with Gasteiger partial charge in [0.05, 0.1) is 6.61 Å². The lowest BCUT2D eigenvalue weighted by molar-refractivity contribution is 0.143. The number of hydrogen-bond donors (Lipinski definition) is 1. The SMILES string of the molecule is COCCOc1cc(C(C)N)ccn1. The third-order valence-electron chi connectivity index (χ3n) is 1.82. The smallest absolute Gasteiger partial charge is 0.213 e. The van der Waals surface area contributed by atoms with E-state index in [-0.39, 0.29) is 6.04 Å². The van der Waals surface area contributed by atoms with Crippen molar-refractivity contribution in [2.45, 2.75) is 13.0 Å². The van der Waals surface area contributed by atoms with Gasteiger partial charge in [-0.15, -0.1) is 0 Å². The first kappa shape index (κ1) is 10.9. The fourth-order valence-electron chi connectivity index (χ4n) is 1.02. The van der Waals surface area contributed by atoms with Gasteiger partial charge in [0.15, 0.2) is 0 Å². The van der Waals surface area contributed by atoms with Gasteiger partial charge in [0.1, 0.15) is 6.61 Å². The maximum atomic E-state index is 5.73. The Morgan fingerprint density at radius 3 is 2.93 bits per heavy atom. The fraction of sp³-hybridized carbons (Fsp3) is 0.500. The third kappa shape index (κ3) is 3.32. The van der Waals surface area contributed by atoms with Gasteiger partial charge in [0, 0.05) is 25.4 Å². The van der Waals surface area contributed by atoms with Crippen LogP contribution in [0.15, 0.2) is 18.3 Å². The van der Waals surface area contributed by atoms with E-state index in [2.05, 4.69) is 4.98 Å². The molecule has 0 fully saturated rings. The number of rotatable bonds is 5. The molecular weight excluding hydrogens is 180 g/mol. The highest BCUT2D eigenvalue weighted by atomic mass is 16.5. The molecule has 2 N–H and O–H groups in total. The third-order valence-corrected chi connectivity index (χ3v) is 1.82. The Hall–Kier alpha value is -1.13. The maximum absolute atomic E-state index is 5.73. The summed E-state index contributed by atoms with van der Waals surface area (Å²) in [7, 11) is 1.63. The molecule has 4 heteroatoms. The highest BCUT2D eigenvalue weighted by molar-refractivity contribution is 5.22. The van der Waals surface area contributed by atoms with Gasteiger partial charge in [-0.05, 0) is 18.6 Å². The summed E-state index contributed by atoms with van der Waals surface area (Å²) >= 11 is 0. The summed E-state index contributed by atoms with van der Waals surface area (Å²) in [6, 6.07) is 3.73. The molecule has 1 rings (SSSR count). The first-order chi connectivity index (χ1) is 6.74. The van der Waals surface area contributed by atoms with E-state index < -0.39 is 0 Å². The number of ether oxygens (including phenoxy) is 2. The molecule has 0 bridgehead atoms. The molecule has 1 unspecified atom stereocenters. The molecule has 0 aliphatic carbocycles. The largest absolute Gasteiger partial charge is 0.475 e. The Morgan fingerprint density at radius 1 is 1.50 bits per heavy atom. The highest BCUT2D eigenvalue weighted by Crippen LogP contribution is 2.14. The van der Waals surface area contributed by atoms with Crippen LogP contribution in [0.25, 0.3) is 0 Å². The van der Waals surface area contributed by atoms with E-state index in [0.717, 1.165) is 5.56 Å². The van der Waals surface area contributed by atoms with Gasteiger partial charge in [0.25, 0.3) is 0 Å². The Morgan fingerprint density at radius 2 is 2.29 bits per heavy atom. The van der Waals surface area contributed by atoms with E-state index >= 15 is 0 Å². The van der Waals surface area contributed by atoms with Gasteiger partial charge in [-0.2, -0.15) is 0 Å². The average Bonchev–Trinajstić information content (AvgIpc) is 2.19. The number of nitrogens with two attached hydrogens (primary N) is 1. The van der Waals surface area contributed by atoms with Crippen LogP contribution in [0, 0.1) is 0 Å². The topological polar surface area (TPSA) is 57.4 Å². The molecule has 0 saturated heterocycles. The van der Waals surface area contributed by atoms with Crippen LogP contribution in [-0.4, -0.2) is 25.3 Å². The molecule has 4 nitrogen and oxygen atoms in total. The van der Waals surface area contributed by atoms with Crippen LogP contribution >= 0.6 is 0 Å². The monoisotopic (exact) mass is 196 g/mol. The van der Waals surface area contributed by atoms with Gasteiger partial charge in [-0.25, -0.2) is 4.98 Å². The van der Waals surface area contributed by atoms with E-state index in [9.17, 15) is 0 Å². The van der Waals surface area contributed by atoms with E-state index in [0.29, 0.717) is 19.1 Å². The molecule has 1 aromatic heterocycles. The minimum absolute atomic E-state index is 0.00257. The predicted octanol–water partition coefficient (Wildman–Crippen LogP) is 1.13. The zero-order valence-corrected chi connectivity index (χ0v) is 8.56. The van der Waals surface area contributed by atoms with Gasteiger partial charge >= 0.3 is 0 Å². The first-order valence-electron chi connectivity index (χ1n) is 4.57. The molecule has 0 saturated carbocycles. The lowest BCUT2D eigenvalue weighted by atomic mass is 10.1. The van der Waals surface area contributed by atoms with E-state index in [1.165, 1.54) is 0 Å². The molecule has 0 aliphatic rings. The molecule has 0 aliphatic heterocycles. The molecule has 0 aromatic carbocycles. The van der Waals surface area contributed by atoms with Crippen LogP contribution in [-0.2, 0) is 4.74 Å². The van der Waals surface area contributed by atoms with Crippen molar-refractivity contribution in [1.29, 1.82) is 0 Å². The van der Waals surface area contributed by atoms with E-state index in [1.54, 1.807) is 13.3 Å². The molecule has 14 heavy (non-hydrogen) atoms. The summed E-state index contributed by atoms with van der Waals surface area (Å²) in [5.41, 5.74) is 6.75. The number of nitrogens with zero attached hydrogens (tertiary/aromatic N) is 1. The van der Waals surface area contributed by atoms with Crippen LogP contribution in [0.3, 0.4) is 0 Å². The minimum atomic E-state index is 0.00257. The Kier molecular flexibility index (Phi) is 4.35. The van der Waals surface area contributed by atoms with Gasteiger partial charge < -0.3 is 15.2 Å². The minimum Gasteiger partial charge on any atom is -0.475 e. The number of hydrogen-bond acceptors (Lipinski definition) is 4. The molecule has 1 aromatic rings. The van der Waals surface area contributed by atoms with Crippen LogP contribution in [0.1, 0.15) is 18.5 Å².